The Morgan fingerprint density at radius 3 is 2.79 bits per heavy atom. The molecule has 2 aromatic carbocycles. The van der Waals surface area contributed by atoms with E-state index in [0.717, 1.165) is 47.0 Å². The van der Waals surface area contributed by atoms with Gasteiger partial charge < -0.3 is 4.74 Å². The molecule has 1 atom stereocenters. The number of hydrogen-bond donors (Lipinski definition) is 0. The van der Waals surface area contributed by atoms with Crippen LogP contribution in [0.1, 0.15) is 25.7 Å². The zero-order chi connectivity index (χ0) is 19.2. The third-order valence-corrected chi connectivity index (χ3v) is 6.93. The van der Waals surface area contributed by atoms with E-state index < -0.39 is 0 Å². The van der Waals surface area contributed by atoms with Gasteiger partial charge in [0, 0.05) is 17.9 Å². The highest BCUT2D eigenvalue weighted by molar-refractivity contribution is 7.99. The van der Waals surface area contributed by atoms with Gasteiger partial charge in [-0.2, -0.15) is 0 Å². The molecule has 28 heavy (non-hydrogen) atoms. The molecule has 4 nitrogen and oxygen atoms in total. The number of carbonyl (C=O) groups excluding carboxylic acids is 1. The highest BCUT2D eigenvalue weighted by Gasteiger charge is 2.25. The molecule has 6 heteroatoms. The predicted octanol–water partition coefficient (Wildman–Crippen LogP) is 5.38. The Morgan fingerprint density at radius 2 is 2.00 bits per heavy atom. The van der Waals surface area contributed by atoms with Gasteiger partial charge in [0.15, 0.2) is 5.13 Å². The van der Waals surface area contributed by atoms with Crippen molar-refractivity contribution in [1.29, 1.82) is 0 Å². The van der Waals surface area contributed by atoms with Crippen LogP contribution in [-0.4, -0.2) is 35.9 Å². The van der Waals surface area contributed by atoms with Crippen LogP contribution in [0.5, 0.6) is 0 Å². The summed E-state index contributed by atoms with van der Waals surface area (Å²) in [6.07, 6.45) is 3.58. The molecule has 1 aliphatic rings. The fraction of sp³-hybridized carbons (Fsp3) is 0.364. The second-order valence-corrected chi connectivity index (χ2v) is 9.05. The van der Waals surface area contributed by atoms with E-state index >= 15 is 0 Å². The zero-order valence-electron chi connectivity index (χ0n) is 15.8. The quantitative estimate of drug-likeness (QED) is 0.368. The van der Waals surface area contributed by atoms with Gasteiger partial charge in [0.25, 0.3) is 0 Å². The Hall–Kier alpha value is -1.89. The Morgan fingerprint density at radius 1 is 1.18 bits per heavy atom. The fourth-order valence-electron chi connectivity index (χ4n) is 3.32. The summed E-state index contributed by atoms with van der Waals surface area (Å²) in [5, 5.41) is 0.789. The minimum Gasteiger partial charge on any atom is -0.376 e. The number of hydrogen-bond acceptors (Lipinski definition) is 5. The average molecular weight is 413 g/mol. The number of aromatic nitrogens is 1. The second-order valence-electron chi connectivity index (χ2n) is 6.87. The maximum absolute atomic E-state index is 13.0. The number of rotatable bonds is 8. The Bertz CT molecular complexity index is 874. The van der Waals surface area contributed by atoms with Gasteiger partial charge >= 0.3 is 0 Å². The summed E-state index contributed by atoms with van der Waals surface area (Å²) in [4.78, 5) is 20.9. The monoisotopic (exact) mass is 412 g/mol. The average Bonchev–Trinajstić information content (AvgIpc) is 3.39. The van der Waals surface area contributed by atoms with Crippen LogP contribution in [0.3, 0.4) is 0 Å². The van der Waals surface area contributed by atoms with E-state index in [2.05, 4.69) is 18.2 Å². The van der Waals surface area contributed by atoms with Gasteiger partial charge in [-0.25, -0.2) is 4.98 Å². The van der Waals surface area contributed by atoms with Crippen LogP contribution in [0.4, 0.5) is 5.13 Å². The van der Waals surface area contributed by atoms with Crippen molar-refractivity contribution in [2.24, 2.45) is 0 Å². The minimum atomic E-state index is 0.120. The summed E-state index contributed by atoms with van der Waals surface area (Å²) in [6.45, 7) is 1.39. The number of amides is 1. The molecule has 1 unspecified atom stereocenters. The molecular formula is C22H24N2O2S2. The first-order chi connectivity index (χ1) is 13.8. The summed E-state index contributed by atoms with van der Waals surface area (Å²) >= 11 is 3.38. The lowest BCUT2D eigenvalue weighted by molar-refractivity contribution is -0.119. The van der Waals surface area contributed by atoms with Crippen molar-refractivity contribution in [3.8, 4) is 0 Å². The van der Waals surface area contributed by atoms with E-state index in [1.54, 1.807) is 23.1 Å². The molecule has 1 saturated heterocycles. The predicted molar refractivity (Wildman–Crippen MR) is 117 cm³/mol. The van der Waals surface area contributed by atoms with Gasteiger partial charge in [0.2, 0.25) is 5.91 Å². The lowest BCUT2D eigenvalue weighted by Gasteiger charge is -2.23. The number of anilines is 1. The Balaban J connectivity index is 1.41. The van der Waals surface area contributed by atoms with Crippen molar-refractivity contribution >= 4 is 44.4 Å². The number of benzene rings is 2. The van der Waals surface area contributed by atoms with Crippen LogP contribution in [0.2, 0.25) is 0 Å². The summed E-state index contributed by atoms with van der Waals surface area (Å²) in [6, 6.07) is 18.4. The van der Waals surface area contributed by atoms with E-state index in [0.29, 0.717) is 13.0 Å². The van der Waals surface area contributed by atoms with Crippen LogP contribution < -0.4 is 4.90 Å². The first kappa shape index (κ1) is 19.4. The maximum atomic E-state index is 13.0. The first-order valence-electron chi connectivity index (χ1n) is 9.75. The molecule has 0 N–H and O–H groups in total. The third kappa shape index (κ3) is 4.93. The molecule has 4 rings (SSSR count). The van der Waals surface area contributed by atoms with E-state index in [1.807, 2.05) is 41.3 Å². The molecule has 146 valence electrons. The fourth-order valence-corrected chi connectivity index (χ4v) is 5.19. The topological polar surface area (TPSA) is 42.4 Å². The van der Waals surface area contributed by atoms with Crippen LogP contribution in [-0.2, 0) is 9.53 Å². The Kier molecular flexibility index (Phi) is 6.62. The third-order valence-electron chi connectivity index (χ3n) is 4.77. The molecule has 0 aliphatic carbocycles. The number of fused-ring (bicyclic) bond motifs is 1. The van der Waals surface area contributed by atoms with E-state index in [9.17, 15) is 4.79 Å². The molecule has 0 radical (unpaired) electrons. The number of para-hydroxylation sites is 1. The van der Waals surface area contributed by atoms with Crippen molar-refractivity contribution in [1.82, 2.24) is 4.98 Å². The van der Waals surface area contributed by atoms with Crippen molar-refractivity contribution in [2.45, 2.75) is 36.7 Å². The lowest BCUT2D eigenvalue weighted by atomic mass is 10.2. The summed E-state index contributed by atoms with van der Waals surface area (Å²) in [5.41, 5.74) is 0.951. The van der Waals surface area contributed by atoms with Crippen LogP contribution in [0, 0.1) is 0 Å². The van der Waals surface area contributed by atoms with Gasteiger partial charge in [-0.1, -0.05) is 41.7 Å². The van der Waals surface area contributed by atoms with Gasteiger partial charge in [-0.05, 0) is 49.3 Å². The lowest BCUT2D eigenvalue weighted by Crippen LogP contribution is -2.37. The molecule has 0 spiro atoms. The zero-order valence-corrected chi connectivity index (χ0v) is 17.4. The molecule has 2 heterocycles. The smallest absolute Gasteiger partial charge is 0.228 e. The van der Waals surface area contributed by atoms with Crippen LogP contribution in [0.15, 0.2) is 59.5 Å². The second kappa shape index (κ2) is 9.54. The van der Waals surface area contributed by atoms with E-state index in [1.165, 1.54) is 4.90 Å². The van der Waals surface area contributed by atoms with Gasteiger partial charge in [0.1, 0.15) is 0 Å². The summed E-state index contributed by atoms with van der Waals surface area (Å²) in [5.74, 6) is 1.08. The SMILES string of the molecule is O=C(CCCSc1ccccc1)N(CC1CCCO1)c1nc2ccccc2s1. The van der Waals surface area contributed by atoms with Gasteiger partial charge in [0.05, 0.1) is 22.9 Å². The van der Waals surface area contributed by atoms with Crippen molar-refractivity contribution in [3.05, 3.63) is 54.6 Å². The van der Waals surface area contributed by atoms with Crippen molar-refractivity contribution in [2.75, 3.05) is 23.8 Å². The molecule has 1 aromatic heterocycles. The van der Waals surface area contributed by atoms with Crippen LogP contribution in [0.25, 0.3) is 10.2 Å². The number of thioether (sulfide) groups is 1. The van der Waals surface area contributed by atoms with Crippen molar-refractivity contribution < 1.29 is 9.53 Å². The number of ether oxygens (including phenoxy) is 1. The van der Waals surface area contributed by atoms with Gasteiger partial charge in [-0.15, -0.1) is 11.8 Å². The first-order valence-corrected chi connectivity index (χ1v) is 11.6. The molecule has 3 aromatic rings. The largest absolute Gasteiger partial charge is 0.376 e. The molecule has 1 amide bonds. The number of carbonyl (C=O) groups is 1. The molecule has 1 fully saturated rings. The molecule has 1 aliphatic heterocycles. The summed E-state index contributed by atoms with van der Waals surface area (Å²) < 4.78 is 6.90. The standard InChI is InChI=1S/C22H24N2O2S2/c25-21(13-7-15-27-18-9-2-1-3-10-18)24(16-17-8-6-14-26-17)22-23-19-11-4-5-12-20(19)28-22/h1-5,9-12,17H,6-8,13-16H2. The Labute approximate surface area is 173 Å². The summed E-state index contributed by atoms with van der Waals surface area (Å²) in [7, 11) is 0. The maximum Gasteiger partial charge on any atom is 0.228 e. The molecule has 0 bridgehead atoms. The highest BCUT2D eigenvalue weighted by atomic mass is 32.2. The normalized spacial score (nSPS) is 16.5. The van der Waals surface area contributed by atoms with Gasteiger partial charge in [-0.3, -0.25) is 9.69 Å². The minimum absolute atomic E-state index is 0.120. The van der Waals surface area contributed by atoms with Crippen LogP contribution >= 0.6 is 23.1 Å². The highest BCUT2D eigenvalue weighted by Crippen LogP contribution is 2.30. The van der Waals surface area contributed by atoms with E-state index in [-0.39, 0.29) is 12.0 Å². The molecular weight excluding hydrogens is 388 g/mol. The molecule has 0 saturated carbocycles. The number of thiazole rings is 1. The van der Waals surface area contributed by atoms with Crippen molar-refractivity contribution in [3.63, 3.8) is 0 Å². The number of nitrogens with zero attached hydrogens (tertiary/aromatic N) is 2. The van der Waals surface area contributed by atoms with E-state index in [4.69, 9.17) is 9.72 Å².